The molecule has 1 amide bonds. The molecular formula is C19H22ClNO2S. The van der Waals surface area contributed by atoms with Gasteiger partial charge in [-0.1, -0.05) is 48.0 Å². The normalized spacial score (nSPS) is 11.8. The number of nitrogens with one attached hydrogen (secondary N) is 1. The van der Waals surface area contributed by atoms with E-state index in [0.717, 1.165) is 22.6 Å². The Bertz CT molecular complexity index is 678. The number of thioether (sulfide) groups is 1. The highest BCUT2D eigenvalue weighted by Crippen LogP contribution is 2.25. The van der Waals surface area contributed by atoms with Crippen LogP contribution in [-0.2, 0) is 17.1 Å². The summed E-state index contributed by atoms with van der Waals surface area (Å²) in [5, 5.41) is 3.46. The maximum Gasteiger partial charge on any atom is 0.233 e. The van der Waals surface area contributed by atoms with Crippen molar-refractivity contribution in [2.75, 3.05) is 6.61 Å². The van der Waals surface area contributed by atoms with E-state index in [4.69, 9.17) is 16.3 Å². The monoisotopic (exact) mass is 363 g/mol. The standard InChI is InChI=1S/C19H22ClNO2S/c1-3-23-18-11-7-5-9-16(18)13-24-14(2)19(22)21-12-15-8-4-6-10-17(15)20/h4-11,14H,3,12-13H2,1-2H3,(H,21,22). The molecule has 0 saturated heterocycles. The van der Waals surface area contributed by atoms with Gasteiger partial charge in [0.05, 0.1) is 11.9 Å². The van der Waals surface area contributed by atoms with E-state index >= 15 is 0 Å². The minimum atomic E-state index is -0.151. The lowest BCUT2D eigenvalue weighted by molar-refractivity contribution is -0.120. The summed E-state index contributed by atoms with van der Waals surface area (Å²) in [6.07, 6.45) is 0. The smallest absolute Gasteiger partial charge is 0.233 e. The topological polar surface area (TPSA) is 38.3 Å². The van der Waals surface area contributed by atoms with Crippen molar-refractivity contribution in [3.05, 3.63) is 64.7 Å². The molecule has 5 heteroatoms. The van der Waals surface area contributed by atoms with Gasteiger partial charge in [-0.05, 0) is 31.5 Å². The van der Waals surface area contributed by atoms with Crippen LogP contribution in [-0.4, -0.2) is 17.8 Å². The van der Waals surface area contributed by atoms with Gasteiger partial charge in [-0.3, -0.25) is 4.79 Å². The van der Waals surface area contributed by atoms with Crippen molar-refractivity contribution >= 4 is 29.3 Å². The van der Waals surface area contributed by atoms with Gasteiger partial charge in [0, 0.05) is 22.9 Å². The van der Waals surface area contributed by atoms with Gasteiger partial charge in [0.2, 0.25) is 5.91 Å². The molecule has 3 nitrogen and oxygen atoms in total. The van der Waals surface area contributed by atoms with Crippen LogP contribution in [0.5, 0.6) is 5.75 Å². The maximum absolute atomic E-state index is 12.3. The van der Waals surface area contributed by atoms with Crippen molar-refractivity contribution in [1.82, 2.24) is 5.32 Å². The van der Waals surface area contributed by atoms with E-state index in [1.807, 2.05) is 62.4 Å². The molecule has 0 saturated carbocycles. The predicted molar refractivity (Wildman–Crippen MR) is 102 cm³/mol. The van der Waals surface area contributed by atoms with E-state index in [0.29, 0.717) is 18.2 Å². The summed E-state index contributed by atoms with van der Waals surface area (Å²) in [6.45, 7) is 4.96. The molecule has 2 rings (SSSR count). The Morgan fingerprint density at radius 3 is 2.54 bits per heavy atom. The third-order valence-corrected chi connectivity index (χ3v) is 5.10. The first-order chi connectivity index (χ1) is 11.6. The number of hydrogen-bond acceptors (Lipinski definition) is 3. The first kappa shape index (κ1) is 18.7. The number of carbonyl (C=O) groups excluding carboxylic acids is 1. The molecule has 1 atom stereocenters. The highest BCUT2D eigenvalue weighted by atomic mass is 35.5. The van der Waals surface area contributed by atoms with E-state index in [2.05, 4.69) is 5.32 Å². The van der Waals surface area contributed by atoms with Crippen LogP contribution >= 0.6 is 23.4 Å². The second-order valence-corrected chi connectivity index (χ2v) is 7.04. The van der Waals surface area contributed by atoms with Crippen LogP contribution in [0, 0.1) is 0 Å². The molecule has 2 aromatic rings. The molecule has 24 heavy (non-hydrogen) atoms. The number of halogens is 1. The maximum atomic E-state index is 12.3. The third kappa shape index (κ3) is 5.46. The van der Waals surface area contributed by atoms with Gasteiger partial charge in [0.1, 0.15) is 5.75 Å². The van der Waals surface area contributed by atoms with Crippen LogP contribution in [0.1, 0.15) is 25.0 Å². The Balaban J connectivity index is 1.85. The fourth-order valence-electron chi connectivity index (χ4n) is 2.18. The molecule has 0 aliphatic carbocycles. The Morgan fingerprint density at radius 1 is 1.17 bits per heavy atom. The van der Waals surface area contributed by atoms with Crippen LogP contribution in [0.25, 0.3) is 0 Å². The zero-order valence-corrected chi connectivity index (χ0v) is 15.5. The largest absolute Gasteiger partial charge is 0.494 e. The molecule has 0 fully saturated rings. The minimum absolute atomic E-state index is 0.00816. The van der Waals surface area contributed by atoms with Crippen molar-refractivity contribution in [2.24, 2.45) is 0 Å². The van der Waals surface area contributed by atoms with E-state index in [1.165, 1.54) is 0 Å². The lowest BCUT2D eigenvalue weighted by atomic mass is 10.2. The van der Waals surface area contributed by atoms with E-state index < -0.39 is 0 Å². The molecule has 128 valence electrons. The average Bonchev–Trinajstić information content (AvgIpc) is 2.60. The molecule has 2 aromatic carbocycles. The summed E-state index contributed by atoms with van der Waals surface area (Å²) in [5.74, 6) is 1.63. The van der Waals surface area contributed by atoms with Gasteiger partial charge in [0.15, 0.2) is 0 Å². The molecule has 0 spiro atoms. The zero-order valence-electron chi connectivity index (χ0n) is 13.9. The highest BCUT2D eigenvalue weighted by molar-refractivity contribution is 7.99. The van der Waals surface area contributed by atoms with Crippen molar-refractivity contribution in [3.8, 4) is 5.75 Å². The van der Waals surface area contributed by atoms with Crippen LogP contribution in [0.4, 0.5) is 0 Å². The Hall–Kier alpha value is -1.65. The molecular weight excluding hydrogens is 342 g/mol. The SMILES string of the molecule is CCOc1ccccc1CSC(C)C(=O)NCc1ccccc1Cl. The van der Waals surface area contributed by atoms with Crippen molar-refractivity contribution < 1.29 is 9.53 Å². The number of ether oxygens (including phenoxy) is 1. The van der Waals surface area contributed by atoms with Crippen molar-refractivity contribution in [2.45, 2.75) is 31.4 Å². The summed E-state index contributed by atoms with van der Waals surface area (Å²) in [7, 11) is 0. The van der Waals surface area contributed by atoms with Gasteiger partial charge in [0.25, 0.3) is 0 Å². The zero-order chi connectivity index (χ0) is 17.4. The number of para-hydroxylation sites is 1. The van der Waals surface area contributed by atoms with Gasteiger partial charge >= 0.3 is 0 Å². The van der Waals surface area contributed by atoms with Crippen molar-refractivity contribution in [3.63, 3.8) is 0 Å². The van der Waals surface area contributed by atoms with Crippen LogP contribution in [0.15, 0.2) is 48.5 Å². The number of benzene rings is 2. The molecule has 0 radical (unpaired) electrons. The van der Waals surface area contributed by atoms with E-state index in [1.54, 1.807) is 11.8 Å². The van der Waals surface area contributed by atoms with Crippen LogP contribution in [0.2, 0.25) is 5.02 Å². The van der Waals surface area contributed by atoms with Crippen LogP contribution < -0.4 is 10.1 Å². The quantitative estimate of drug-likeness (QED) is 0.740. The minimum Gasteiger partial charge on any atom is -0.494 e. The Morgan fingerprint density at radius 2 is 1.83 bits per heavy atom. The number of hydrogen-bond donors (Lipinski definition) is 1. The lowest BCUT2D eigenvalue weighted by Gasteiger charge is -2.14. The molecule has 0 bridgehead atoms. The van der Waals surface area contributed by atoms with Crippen molar-refractivity contribution in [1.29, 1.82) is 0 Å². The van der Waals surface area contributed by atoms with E-state index in [9.17, 15) is 4.79 Å². The summed E-state index contributed by atoms with van der Waals surface area (Å²) >= 11 is 7.70. The lowest BCUT2D eigenvalue weighted by Crippen LogP contribution is -2.30. The fraction of sp³-hybridized carbons (Fsp3) is 0.316. The molecule has 0 heterocycles. The van der Waals surface area contributed by atoms with Gasteiger partial charge in [-0.25, -0.2) is 0 Å². The first-order valence-corrected chi connectivity index (χ1v) is 9.38. The molecule has 1 N–H and O–H groups in total. The molecule has 0 aromatic heterocycles. The van der Waals surface area contributed by atoms with E-state index in [-0.39, 0.29) is 11.2 Å². The Labute approximate surface area is 152 Å². The van der Waals surface area contributed by atoms with Gasteiger partial charge in [-0.2, -0.15) is 0 Å². The molecule has 0 aliphatic heterocycles. The number of amides is 1. The summed E-state index contributed by atoms with van der Waals surface area (Å²) in [6, 6.07) is 15.5. The third-order valence-electron chi connectivity index (χ3n) is 3.54. The summed E-state index contributed by atoms with van der Waals surface area (Å²) < 4.78 is 5.62. The second-order valence-electron chi connectivity index (χ2n) is 5.30. The number of carbonyl (C=O) groups is 1. The highest BCUT2D eigenvalue weighted by Gasteiger charge is 2.14. The summed E-state index contributed by atoms with van der Waals surface area (Å²) in [4.78, 5) is 12.3. The van der Waals surface area contributed by atoms with Gasteiger partial charge in [-0.15, -0.1) is 11.8 Å². The fourth-order valence-corrected chi connectivity index (χ4v) is 3.28. The van der Waals surface area contributed by atoms with Gasteiger partial charge < -0.3 is 10.1 Å². The molecule has 1 unspecified atom stereocenters. The number of rotatable bonds is 8. The Kier molecular flexibility index (Phi) is 7.47. The predicted octanol–water partition coefficient (Wildman–Crippen LogP) is 4.68. The molecule has 0 aliphatic rings. The van der Waals surface area contributed by atoms with Crippen LogP contribution in [0.3, 0.4) is 0 Å². The average molecular weight is 364 g/mol. The summed E-state index contributed by atoms with van der Waals surface area (Å²) in [5.41, 5.74) is 2.03. The second kappa shape index (κ2) is 9.60. The first-order valence-electron chi connectivity index (χ1n) is 7.95.